The molecule has 68 valence electrons. The zero-order valence-electron chi connectivity index (χ0n) is 7.09. The van der Waals surface area contributed by atoms with Crippen molar-refractivity contribution < 1.29 is 9.59 Å². The summed E-state index contributed by atoms with van der Waals surface area (Å²) in [6.07, 6.45) is 2.03. The second-order valence-corrected chi connectivity index (χ2v) is 2.76. The number of hydrazine groups is 1. The van der Waals surface area contributed by atoms with Crippen LogP contribution in [0.3, 0.4) is 0 Å². The summed E-state index contributed by atoms with van der Waals surface area (Å²) in [6.45, 7) is 3.05. The number of urea groups is 1. The largest absolute Gasteiger partial charge is 0.336 e. The first kappa shape index (κ1) is 8.99. The predicted octanol–water partition coefficient (Wildman–Crippen LogP) is -0.157. The van der Waals surface area contributed by atoms with Crippen LogP contribution in [-0.2, 0) is 4.79 Å². The number of hydrogen-bond donors (Lipinski definition) is 2. The molecule has 0 saturated carbocycles. The lowest BCUT2D eigenvalue weighted by molar-refractivity contribution is -0.123. The molecule has 1 aliphatic heterocycles. The van der Waals surface area contributed by atoms with Gasteiger partial charge in [-0.25, -0.2) is 9.80 Å². The third-order valence-electron chi connectivity index (χ3n) is 1.63. The van der Waals surface area contributed by atoms with E-state index >= 15 is 0 Å². The zero-order chi connectivity index (χ0) is 8.97. The average molecular weight is 171 g/mol. The normalized spacial score (nSPS) is 18.8. The first-order chi connectivity index (χ1) is 5.72. The van der Waals surface area contributed by atoms with Gasteiger partial charge in [0.1, 0.15) is 0 Å². The van der Waals surface area contributed by atoms with E-state index < -0.39 is 6.03 Å². The van der Waals surface area contributed by atoms with Crippen LogP contribution in [0.5, 0.6) is 0 Å². The van der Waals surface area contributed by atoms with E-state index in [1.54, 1.807) is 5.01 Å². The van der Waals surface area contributed by atoms with E-state index in [4.69, 9.17) is 0 Å². The summed E-state index contributed by atoms with van der Waals surface area (Å²) in [7, 11) is 0. The van der Waals surface area contributed by atoms with Gasteiger partial charge in [0.25, 0.3) is 0 Å². The van der Waals surface area contributed by atoms with Crippen LogP contribution in [0.1, 0.15) is 19.8 Å². The Morgan fingerprint density at radius 3 is 2.83 bits per heavy atom. The molecule has 0 bridgehead atoms. The van der Waals surface area contributed by atoms with Gasteiger partial charge < -0.3 is 0 Å². The third-order valence-corrected chi connectivity index (χ3v) is 1.63. The number of nitrogens with one attached hydrogen (secondary N) is 2. The van der Waals surface area contributed by atoms with Crippen molar-refractivity contribution in [2.24, 2.45) is 0 Å². The molecule has 1 heterocycles. The van der Waals surface area contributed by atoms with E-state index in [1.165, 1.54) is 0 Å². The number of imide groups is 1. The molecule has 0 unspecified atom stereocenters. The highest BCUT2D eigenvalue weighted by Gasteiger charge is 2.20. The molecule has 0 aromatic heterocycles. The van der Waals surface area contributed by atoms with Gasteiger partial charge in [0, 0.05) is 6.54 Å². The second kappa shape index (κ2) is 4.06. The molecular formula is C7H13N3O2. The van der Waals surface area contributed by atoms with E-state index in [2.05, 4.69) is 17.7 Å². The molecule has 1 saturated heterocycles. The Bertz CT molecular complexity index is 177. The van der Waals surface area contributed by atoms with Crippen molar-refractivity contribution in [1.29, 1.82) is 0 Å². The number of carbonyl (C=O) groups is 2. The number of rotatable bonds is 3. The minimum Gasteiger partial charge on any atom is -0.276 e. The summed E-state index contributed by atoms with van der Waals surface area (Å²) in [6, 6.07) is -0.428. The smallest absolute Gasteiger partial charge is 0.276 e. The van der Waals surface area contributed by atoms with Crippen LogP contribution in [0.4, 0.5) is 4.79 Å². The van der Waals surface area contributed by atoms with Crippen molar-refractivity contribution in [2.75, 3.05) is 13.1 Å². The molecule has 5 heteroatoms. The molecule has 1 aliphatic rings. The molecule has 0 radical (unpaired) electrons. The SMILES string of the molecule is CCCCN1CC(=O)NC(=O)N1. The summed E-state index contributed by atoms with van der Waals surface area (Å²) in [5, 5.41) is 3.78. The van der Waals surface area contributed by atoms with Gasteiger partial charge in [-0.2, -0.15) is 0 Å². The summed E-state index contributed by atoms with van der Waals surface area (Å²) in [5.41, 5.74) is 2.54. The first-order valence-corrected chi connectivity index (χ1v) is 4.07. The maximum absolute atomic E-state index is 10.8. The Morgan fingerprint density at radius 1 is 1.50 bits per heavy atom. The van der Waals surface area contributed by atoms with Crippen molar-refractivity contribution in [3.05, 3.63) is 0 Å². The quantitative estimate of drug-likeness (QED) is 0.620. The Labute approximate surface area is 71.1 Å². The van der Waals surface area contributed by atoms with Crippen molar-refractivity contribution in [3.63, 3.8) is 0 Å². The molecule has 12 heavy (non-hydrogen) atoms. The molecule has 5 nitrogen and oxygen atoms in total. The maximum atomic E-state index is 10.8. The Balaban J connectivity index is 2.34. The molecule has 0 aromatic rings. The third kappa shape index (κ3) is 2.50. The predicted molar refractivity (Wildman–Crippen MR) is 43.2 cm³/mol. The molecule has 0 aromatic carbocycles. The highest BCUT2D eigenvalue weighted by molar-refractivity contribution is 5.96. The lowest BCUT2D eigenvalue weighted by Crippen LogP contribution is -2.58. The van der Waals surface area contributed by atoms with Gasteiger partial charge in [0.2, 0.25) is 5.91 Å². The number of carbonyl (C=O) groups excluding carboxylic acids is 2. The second-order valence-electron chi connectivity index (χ2n) is 2.76. The number of hydrogen-bond acceptors (Lipinski definition) is 3. The zero-order valence-corrected chi connectivity index (χ0v) is 7.09. The minimum atomic E-state index is -0.428. The maximum Gasteiger partial charge on any atom is 0.336 e. The van der Waals surface area contributed by atoms with Crippen molar-refractivity contribution in [1.82, 2.24) is 15.8 Å². The fourth-order valence-electron chi connectivity index (χ4n) is 1.03. The van der Waals surface area contributed by atoms with Gasteiger partial charge in [-0.1, -0.05) is 13.3 Å². The van der Waals surface area contributed by atoms with E-state index in [0.717, 1.165) is 19.4 Å². The molecule has 2 N–H and O–H groups in total. The fourth-order valence-corrected chi connectivity index (χ4v) is 1.03. The van der Waals surface area contributed by atoms with E-state index in [9.17, 15) is 9.59 Å². The molecule has 1 rings (SSSR count). The molecule has 0 atom stereocenters. The Hall–Kier alpha value is -1.10. The van der Waals surface area contributed by atoms with Gasteiger partial charge in [0.05, 0.1) is 6.54 Å². The van der Waals surface area contributed by atoms with Crippen LogP contribution in [-0.4, -0.2) is 30.0 Å². The molecule has 0 spiro atoms. The average Bonchev–Trinajstić information content (AvgIpc) is 1.99. The highest BCUT2D eigenvalue weighted by Crippen LogP contribution is 1.94. The van der Waals surface area contributed by atoms with Gasteiger partial charge in [-0.05, 0) is 6.42 Å². The molecule has 1 fully saturated rings. The van der Waals surface area contributed by atoms with Crippen LogP contribution in [0, 0.1) is 0 Å². The molecule has 3 amide bonds. The molecular weight excluding hydrogens is 158 g/mol. The van der Waals surface area contributed by atoms with Gasteiger partial charge in [-0.3, -0.25) is 15.5 Å². The van der Waals surface area contributed by atoms with Crippen molar-refractivity contribution in [2.45, 2.75) is 19.8 Å². The van der Waals surface area contributed by atoms with Gasteiger partial charge in [-0.15, -0.1) is 0 Å². The lowest BCUT2D eigenvalue weighted by atomic mass is 10.3. The minimum absolute atomic E-state index is 0.241. The highest BCUT2D eigenvalue weighted by atomic mass is 16.2. The Kier molecular flexibility index (Phi) is 3.04. The molecule has 0 aliphatic carbocycles. The van der Waals surface area contributed by atoms with Crippen LogP contribution >= 0.6 is 0 Å². The number of nitrogens with zero attached hydrogens (tertiary/aromatic N) is 1. The number of amides is 3. The summed E-state index contributed by atoms with van der Waals surface area (Å²) in [4.78, 5) is 21.6. The van der Waals surface area contributed by atoms with E-state index in [1.807, 2.05) is 0 Å². The monoisotopic (exact) mass is 171 g/mol. The van der Waals surface area contributed by atoms with Crippen LogP contribution in [0.2, 0.25) is 0 Å². The first-order valence-electron chi connectivity index (χ1n) is 4.07. The number of unbranched alkanes of at least 4 members (excludes halogenated alkanes) is 1. The van der Waals surface area contributed by atoms with Gasteiger partial charge in [0.15, 0.2) is 0 Å². The van der Waals surface area contributed by atoms with Gasteiger partial charge >= 0.3 is 6.03 Å². The summed E-state index contributed by atoms with van der Waals surface area (Å²) < 4.78 is 0. The van der Waals surface area contributed by atoms with Crippen molar-refractivity contribution in [3.8, 4) is 0 Å². The Morgan fingerprint density at radius 2 is 2.25 bits per heavy atom. The van der Waals surface area contributed by atoms with Crippen molar-refractivity contribution >= 4 is 11.9 Å². The lowest BCUT2D eigenvalue weighted by Gasteiger charge is -2.26. The van der Waals surface area contributed by atoms with Crippen LogP contribution in [0.15, 0.2) is 0 Å². The fraction of sp³-hybridized carbons (Fsp3) is 0.714. The van der Waals surface area contributed by atoms with Crippen LogP contribution < -0.4 is 10.7 Å². The summed E-state index contributed by atoms with van der Waals surface area (Å²) >= 11 is 0. The summed E-state index contributed by atoms with van der Waals surface area (Å²) in [5.74, 6) is -0.241. The van der Waals surface area contributed by atoms with E-state index in [-0.39, 0.29) is 12.5 Å². The van der Waals surface area contributed by atoms with E-state index in [0.29, 0.717) is 0 Å². The van der Waals surface area contributed by atoms with Crippen LogP contribution in [0.25, 0.3) is 0 Å². The topological polar surface area (TPSA) is 61.4 Å². The standard InChI is InChI=1S/C7H13N3O2/c1-2-3-4-10-5-6(11)8-7(12)9-10/h2-5H2,1H3,(H2,8,9,11,12).